The smallest absolute Gasteiger partial charge is 0.276 e. The van der Waals surface area contributed by atoms with E-state index in [4.69, 9.17) is 4.52 Å². The molecule has 0 N–H and O–H groups in total. The molecule has 9 heteroatoms. The highest BCUT2D eigenvalue weighted by molar-refractivity contribution is 7.89. The highest BCUT2D eigenvalue weighted by Crippen LogP contribution is 2.28. The van der Waals surface area contributed by atoms with Gasteiger partial charge in [0.2, 0.25) is 10.0 Å². The highest BCUT2D eigenvalue weighted by atomic mass is 32.2. The van der Waals surface area contributed by atoms with Gasteiger partial charge in [-0.3, -0.25) is 4.79 Å². The summed E-state index contributed by atoms with van der Waals surface area (Å²) in [6.45, 7) is 7.56. The first-order chi connectivity index (χ1) is 15.8. The minimum Gasteiger partial charge on any atom is -0.369 e. The van der Waals surface area contributed by atoms with Crippen molar-refractivity contribution < 1.29 is 17.7 Å². The maximum absolute atomic E-state index is 13.4. The molecule has 2 aliphatic heterocycles. The molecular formula is C24H28N4O4S. The molecule has 2 saturated heterocycles. The summed E-state index contributed by atoms with van der Waals surface area (Å²) in [5.41, 5.74) is 4.12. The van der Waals surface area contributed by atoms with Crippen LogP contribution in [0.25, 0.3) is 11.0 Å². The molecule has 0 radical (unpaired) electrons. The SMILES string of the molecule is Cc1ccc(C)c(N2CCN(S(=O)(=O)c3ccc4onc(C(=O)N5CCCC5)c4c3)CC2)c1. The second-order valence-electron chi connectivity index (χ2n) is 8.87. The summed E-state index contributed by atoms with van der Waals surface area (Å²) in [5.74, 6) is -0.206. The summed E-state index contributed by atoms with van der Waals surface area (Å²) in [7, 11) is -3.70. The molecule has 8 nitrogen and oxygen atoms in total. The number of sulfonamides is 1. The number of carbonyl (C=O) groups excluding carboxylic acids is 1. The van der Waals surface area contributed by atoms with E-state index in [-0.39, 0.29) is 16.5 Å². The molecule has 1 aromatic heterocycles. The summed E-state index contributed by atoms with van der Waals surface area (Å²) < 4.78 is 33.7. The molecular weight excluding hydrogens is 440 g/mol. The zero-order valence-electron chi connectivity index (χ0n) is 19.0. The van der Waals surface area contributed by atoms with Crippen LogP contribution in [0.4, 0.5) is 5.69 Å². The maximum Gasteiger partial charge on any atom is 0.276 e. The highest BCUT2D eigenvalue weighted by Gasteiger charge is 2.31. The van der Waals surface area contributed by atoms with E-state index < -0.39 is 10.0 Å². The average molecular weight is 469 g/mol. The Morgan fingerprint density at radius 2 is 1.67 bits per heavy atom. The first kappa shape index (κ1) is 21.9. The van der Waals surface area contributed by atoms with Gasteiger partial charge in [-0.25, -0.2) is 8.42 Å². The van der Waals surface area contributed by atoms with Crippen molar-refractivity contribution in [1.82, 2.24) is 14.4 Å². The lowest BCUT2D eigenvalue weighted by atomic mass is 10.1. The molecule has 1 amide bonds. The van der Waals surface area contributed by atoms with Gasteiger partial charge in [0.25, 0.3) is 5.91 Å². The zero-order valence-corrected chi connectivity index (χ0v) is 19.8. The molecule has 5 rings (SSSR count). The Hall–Kier alpha value is -2.91. The molecule has 2 aliphatic rings. The van der Waals surface area contributed by atoms with E-state index in [1.165, 1.54) is 27.6 Å². The predicted molar refractivity (Wildman–Crippen MR) is 126 cm³/mol. The Kier molecular flexibility index (Phi) is 5.62. The number of anilines is 1. The molecule has 33 heavy (non-hydrogen) atoms. The third kappa shape index (κ3) is 4.00. The van der Waals surface area contributed by atoms with E-state index in [1.54, 1.807) is 11.0 Å². The summed E-state index contributed by atoms with van der Waals surface area (Å²) in [6, 6.07) is 11.0. The number of piperazine rings is 1. The molecule has 0 bridgehead atoms. The average Bonchev–Trinajstić information content (AvgIpc) is 3.50. The largest absolute Gasteiger partial charge is 0.369 e. The van der Waals surface area contributed by atoms with E-state index in [9.17, 15) is 13.2 Å². The first-order valence-corrected chi connectivity index (χ1v) is 12.8. The fourth-order valence-electron chi connectivity index (χ4n) is 4.68. The van der Waals surface area contributed by atoms with Crippen LogP contribution >= 0.6 is 0 Å². The van der Waals surface area contributed by atoms with Gasteiger partial charge in [0.1, 0.15) is 0 Å². The fourth-order valence-corrected chi connectivity index (χ4v) is 6.13. The maximum atomic E-state index is 13.4. The molecule has 3 aromatic rings. The molecule has 2 aromatic carbocycles. The van der Waals surface area contributed by atoms with Crippen LogP contribution in [0.2, 0.25) is 0 Å². The Morgan fingerprint density at radius 1 is 0.939 bits per heavy atom. The molecule has 0 unspecified atom stereocenters. The lowest BCUT2D eigenvalue weighted by Gasteiger charge is -2.36. The van der Waals surface area contributed by atoms with Crippen molar-refractivity contribution in [2.45, 2.75) is 31.6 Å². The predicted octanol–water partition coefficient (Wildman–Crippen LogP) is 3.19. The third-order valence-electron chi connectivity index (χ3n) is 6.62. The van der Waals surface area contributed by atoms with Gasteiger partial charge in [-0.1, -0.05) is 17.3 Å². The van der Waals surface area contributed by atoms with Crippen LogP contribution in [0.15, 0.2) is 45.8 Å². The van der Waals surface area contributed by atoms with Crippen molar-refractivity contribution in [3.05, 3.63) is 53.2 Å². The van der Waals surface area contributed by atoms with E-state index in [0.717, 1.165) is 18.5 Å². The molecule has 0 atom stereocenters. The number of aryl methyl sites for hydroxylation is 2. The van der Waals surface area contributed by atoms with Crippen LogP contribution in [0.3, 0.4) is 0 Å². The first-order valence-electron chi connectivity index (χ1n) is 11.4. The molecule has 0 aliphatic carbocycles. The summed E-state index contributed by atoms with van der Waals surface area (Å²) >= 11 is 0. The number of aromatic nitrogens is 1. The number of hydrogen-bond acceptors (Lipinski definition) is 6. The van der Waals surface area contributed by atoms with Crippen LogP contribution in [0.1, 0.15) is 34.5 Å². The monoisotopic (exact) mass is 468 g/mol. The molecule has 3 heterocycles. The van der Waals surface area contributed by atoms with E-state index in [2.05, 4.69) is 42.1 Å². The standard InChI is InChI=1S/C24H28N4O4S/c1-17-5-6-18(2)21(15-17)26-11-13-28(14-12-26)33(30,31)19-7-8-22-20(16-19)23(25-32-22)24(29)27-9-3-4-10-27/h5-8,15-16H,3-4,9-14H2,1-2H3. The minimum absolute atomic E-state index is 0.161. The Bertz CT molecular complexity index is 1300. The van der Waals surface area contributed by atoms with Gasteiger partial charge in [-0.05, 0) is 62.1 Å². The van der Waals surface area contributed by atoms with Crippen molar-refractivity contribution in [2.24, 2.45) is 0 Å². The Morgan fingerprint density at radius 3 is 2.39 bits per heavy atom. The minimum atomic E-state index is -3.70. The number of amides is 1. The van der Waals surface area contributed by atoms with Crippen LogP contribution in [0, 0.1) is 13.8 Å². The molecule has 2 fully saturated rings. The topological polar surface area (TPSA) is 87.0 Å². The Balaban J connectivity index is 1.37. The van der Waals surface area contributed by atoms with Crippen molar-refractivity contribution in [2.75, 3.05) is 44.2 Å². The second-order valence-corrected chi connectivity index (χ2v) is 10.8. The van der Waals surface area contributed by atoms with Crippen LogP contribution < -0.4 is 4.90 Å². The molecule has 0 saturated carbocycles. The summed E-state index contributed by atoms with van der Waals surface area (Å²) in [4.78, 5) is 17.0. The van der Waals surface area contributed by atoms with E-state index >= 15 is 0 Å². The van der Waals surface area contributed by atoms with Gasteiger partial charge < -0.3 is 14.3 Å². The van der Waals surface area contributed by atoms with Crippen LogP contribution in [-0.2, 0) is 10.0 Å². The fraction of sp³-hybridized carbons (Fsp3) is 0.417. The van der Waals surface area contributed by atoms with Gasteiger partial charge >= 0.3 is 0 Å². The zero-order chi connectivity index (χ0) is 23.2. The number of fused-ring (bicyclic) bond motifs is 1. The molecule has 0 spiro atoms. The van der Waals surface area contributed by atoms with E-state index in [0.29, 0.717) is 50.2 Å². The third-order valence-corrected chi connectivity index (χ3v) is 8.51. The lowest BCUT2D eigenvalue weighted by molar-refractivity contribution is 0.0784. The number of likely N-dealkylation sites (tertiary alicyclic amines) is 1. The van der Waals surface area contributed by atoms with Gasteiger partial charge in [-0.2, -0.15) is 4.31 Å². The normalized spacial score (nSPS) is 17.8. The van der Waals surface area contributed by atoms with Gasteiger partial charge in [0, 0.05) is 45.0 Å². The quantitative estimate of drug-likeness (QED) is 0.585. The number of nitrogens with zero attached hydrogens (tertiary/aromatic N) is 4. The number of rotatable bonds is 4. The summed E-state index contributed by atoms with van der Waals surface area (Å²) in [6.07, 6.45) is 1.93. The van der Waals surface area contributed by atoms with Crippen molar-refractivity contribution in [3.63, 3.8) is 0 Å². The second kappa shape index (κ2) is 8.46. The van der Waals surface area contributed by atoms with Crippen LogP contribution in [0.5, 0.6) is 0 Å². The number of benzene rings is 2. The number of hydrogen-bond donors (Lipinski definition) is 0. The van der Waals surface area contributed by atoms with Gasteiger partial charge in [-0.15, -0.1) is 0 Å². The number of carbonyl (C=O) groups is 1. The van der Waals surface area contributed by atoms with Gasteiger partial charge in [0.05, 0.1) is 10.3 Å². The van der Waals surface area contributed by atoms with Crippen molar-refractivity contribution >= 4 is 32.6 Å². The molecule has 174 valence electrons. The van der Waals surface area contributed by atoms with Crippen molar-refractivity contribution in [3.8, 4) is 0 Å². The van der Waals surface area contributed by atoms with Gasteiger partial charge in [0.15, 0.2) is 11.3 Å². The lowest BCUT2D eigenvalue weighted by Crippen LogP contribution is -2.48. The Labute approximate surface area is 193 Å². The summed E-state index contributed by atoms with van der Waals surface area (Å²) in [5, 5.41) is 4.40. The van der Waals surface area contributed by atoms with Crippen molar-refractivity contribution in [1.29, 1.82) is 0 Å². The van der Waals surface area contributed by atoms with Crippen LogP contribution in [-0.4, -0.2) is 68.0 Å². The van der Waals surface area contributed by atoms with E-state index in [1.807, 2.05) is 0 Å².